The van der Waals surface area contributed by atoms with Crippen LogP contribution in [0.4, 0.5) is 0 Å². The molecule has 0 heterocycles. The van der Waals surface area contributed by atoms with E-state index < -0.39 is 8.25 Å². The van der Waals surface area contributed by atoms with Crippen LogP contribution in [0, 0.1) is 0 Å². The highest BCUT2D eigenvalue weighted by Crippen LogP contribution is 2.45. The third kappa shape index (κ3) is 6.44. The minimum Gasteiger partial charge on any atom is -0.507 e. The van der Waals surface area contributed by atoms with Crippen molar-refractivity contribution in [3.05, 3.63) is 46.5 Å². The van der Waals surface area contributed by atoms with Gasteiger partial charge in [-0.15, -0.1) is 0 Å². The first-order chi connectivity index (χ1) is 15.1. The van der Waals surface area contributed by atoms with Gasteiger partial charge in [-0.3, -0.25) is 0 Å². The van der Waals surface area contributed by atoms with Crippen molar-refractivity contribution >= 4 is 8.25 Å². The summed E-state index contributed by atoms with van der Waals surface area (Å²) in [5, 5.41) is 21.8. The molecule has 0 radical (unpaired) electrons. The van der Waals surface area contributed by atoms with Crippen molar-refractivity contribution in [1.82, 2.24) is 0 Å². The molecule has 2 N–H and O–H groups in total. The smallest absolute Gasteiger partial charge is 0.507 e. The number of aromatic hydroxyl groups is 2. The van der Waals surface area contributed by atoms with Crippen molar-refractivity contribution in [1.29, 1.82) is 0 Å². The molecule has 0 atom stereocenters. The van der Waals surface area contributed by atoms with E-state index in [1.54, 1.807) is 24.3 Å². The van der Waals surface area contributed by atoms with Crippen LogP contribution in [0.2, 0.25) is 0 Å². The lowest BCUT2D eigenvalue weighted by Gasteiger charge is -2.27. The standard InChI is InChI=1S/C28H41O5P/c1-25(2,3)19-13-17(14-20(23(19)29)26(4,5)6)32-34(31)33-18-15-21(27(7,8)9)24(30)22(16-18)28(10,11)12/h13-16H,1-12H3,(H-,29,30)/p+1. The quantitative estimate of drug-likeness (QED) is 0.422. The molecule has 5 nitrogen and oxygen atoms in total. The molecular weight excluding hydrogens is 447 g/mol. The Morgan fingerprint density at radius 3 is 0.912 bits per heavy atom. The van der Waals surface area contributed by atoms with Gasteiger partial charge in [-0.2, -0.15) is 0 Å². The minimum absolute atomic E-state index is 0.228. The molecule has 0 saturated carbocycles. The van der Waals surface area contributed by atoms with Crippen molar-refractivity contribution < 1.29 is 23.8 Å². The van der Waals surface area contributed by atoms with Crippen molar-refractivity contribution in [3.63, 3.8) is 0 Å². The monoisotopic (exact) mass is 489 g/mol. The molecule has 2 aromatic carbocycles. The SMILES string of the molecule is CC(C)(C)c1cc(O[P+](=O)Oc2cc(C(C)(C)C)c(O)c(C(C)(C)C)c2)cc(C(C)(C)C)c1O. The van der Waals surface area contributed by atoms with Crippen LogP contribution in [-0.4, -0.2) is 10.2 Å². The van der Waals surface area contributed by atoms with E-state index in [4.69, 9.17) is 9.05 Å². The molecule has 0 bridgehead atoms. The van der Waals surface area contributed by atoms with Gasteiger partial charge in [0.1, 0.15) is 11.5 Å². The van der Waals surface area contributed by atoms with Gasteiger partial charge in [0.05, 0.1) is 0 Å². The molecule has 6 heteroatoms. The second-order valence-electron chi connectivity index (χ2n) is 13.1. The first-order valence-corrected chi connectivity index (χ1v) is 12.8. The number of phenolic OH excluding ortho intramolecular Hbond substituents is 2. The van der Waals surface area contributed by atoms with Gasteiger partial charge in [-0.1, -0.05) is 83.1 Å². The molecule has 0 saturated heterocycles. The van der Waals surface area contributed by atoms with Crippen LogP contribution in [0.5, 0.6) is 23.0 Å². The summed E-state index contributed by atoms with van der Waals surface area (Å²) in [5.74, 6) is 1.21. The minimum atomic E-state index is -2.56. The van der Waals surface area contributed by atoms with E-state index in [0.717, 1.165) is 0 Å². The lowest BCUT2D eigenvalue weighted by Crippen LogP contribution is -2.17. The van der Waals surface area contributed by atoms with Gasteiger partial charge in [0.15, 0.2) is 11.5 Å². The second kappa shape index (κ2) is 9.07. The van der Waals surface area contributed by atoms with Crippen LogP contribution >= 0.6 is 8.25 Å². The summed E-state index contributed by atoms with van der Waals surface area (Å²) >= 11 is 0. The van der Waals surface area contributed by atoms with E-state index in [-0.39, 0.29) is 33.2 Å². The summed E-state index contributed by atoms with van der Waals surface area (Å²) in [5.41, 5.74) is 1.51. The summed E-state index contributed by atoms with van der Waals surface area (Å²) in [6.07, 6.45) is 0. The number of hydrogen-bond donors (Lipinski definition) is 2. The van der Waals surface area contributed by atoms with Crippen LogP contribution in [0.25, 0.3) is 0 Å². The molecule has 2 aromatic rings. The summed E-state index contributed by atoms with van der Waals surface area (Å²) in [4.78, 5) is 0. The molecule has 0 aliphatic carbocycles. The number of rotatable bonds is 4. The predicted molar refractivity (Wildman–Crippen MR) is 140 cm³/mol. The van der Waals surface area contributed by atoms with E-state index in [9.17, 15) is 14.8 Å². The zero-order chi connectivity index (χ0) is 26.4. The summed E-state index contributed by atoms with van der Waals surface area (Å²) in [7, 11) is -2.56. The van der Waals surface area contributed by atoms with Gasteiger partial charge in [0.2, 0.25) is 0 Å². The average molecular weight is 490 g/mol. The lowest BCUT2D eigenvalue weighted by atomic mass is 9.79. The van der Waals surface area contributed by atoms with Crippen molar-refractivity contribution in [3.8, 4) is 23.0 Å². The van der Waals surface area contributed by atoms with E-state index >= 15 is 0 Å². The van der Waals surface area contributed by atoms with Crippen molar-refractivity contribution in [2.75, 3.05) is 0 Å². The van der Waals surface area contributed by atoms with Gasteiger partial charge >= 0.3 is 8.25 Å². The van der Waals surface area contributed by atoms with E-state index in [1.807, 2.05) is 83.1 Å². The third-order valence-corrected chi connectivity index (χ3v) is 6.48. The predicted octanol–water partition coefficient (Wildman–Crippen LogP) is 8.40. The maximum Gasteiger partial charge on any atom is 0.805 e. The molecule has 0 aliphatic heterocycles. The Morgan fingerprint density at radius 2 is 0.735 bits per heavy atom. The summed E-state index contributed by atoms with van der Waals surface area (Å²) < 4.78 is 24.5. The molecule has 0 aliphatic rings. The first kappa shape index (κ1) is 28.0. The number of hydrogen-bond acceptors (Lipinski definition) is 5. The van der Waals surface area contributed by atoms with E-state index in [2.05, 4.69) is 0 Å². The fourth-order valence-electron chi connectivity index (χ4n) is 3.80. The van der Waals surface area contributed by atoms with E-state index in [1.165, 1.54) is 0 Å². The number of benzene rings is 2. The van der Waals surface area contributed by atoms with Crippen LogP contribution < -0.4 is 9.05 Å². The molecule has 0 spiro atoms. The van der Waals surface area contributed by atoms with Gasteiger partial charge < -0.3 is 10.2 Å². The molecule has 0 unspecified atom stereocenters. The van der Waals surface area contributed by atoms with Crippen LogP contribution in [-0.2, 0) is 26.2 Å². The Labute approximate surface area is 206 Å². The highest BCUT2D eigenvalue weighted by Gasteiger charge is 2.33. The van der Waals surface area contributed by atoms with Crippen molar-refractivity contribution in [2.24, 2.45) is 0 Å². The molecule has 0 aromatic heterocycles. The second-order valence-corrected chi connectivity index (χ2v) is 14.0. The van der Waals surface area contributed by atoms with Gasteiger partial charge in [0, 0.05) is 26.8 Å². The normalized spacial score (nSPS) is 13.1. The summed E-state index contributed by atoms with van der Waals surface area (Å²) in [6.45, 7) is 24.1. The Morgan fingerprint density at radius 1 is 0.529 bits per heavy atom. The Balaban J connectivity index is 2.49. The Bertz CT molecular complexity index is 918. The third-order valence-electron chi connectivity index (χ3n) is 5.76. The van der Waals surface area contributed by atoms with Crippen LogP contribution in [0.15, 0.2) is 24.3 Å². The first-order valence-electron chi connectivity index (χ1n) is 11.7. The largest absolute Gasteiger partial charge is 0.805 e. The Kier molecular flexibility index (Phi) is 7.47. The van der Waals surface area contributed by atoms with Gasteiger partial charge in [0.25, 0.3) is 0 Å². The maximum atomic E-state index is 13.0. The zero-order valence-electron chi connectivity index (χ0n) is 22.9. The molecule has 0 fully saturated rings. The molecule has 34 heavy (non-hydrogen) atoms. The zero-order valence-corrected chi connectivity index (χ0v) is 23.8. The molecule has 188 valence electrons. The van der Waals surface area contributed by atoms with Gasteiger partial charge in [-0.25, -0.2) is 9.05 Å². The highest BCUT2D eigenvalue weighted by molar-refractivity contribution is 7.34. The average Bonchev–Trinajstić information content (AvgIpc) is 2.60. The summed E-state index contributed by atoms with van der Waals surface area (Å²) in [6, 6.07) is 6.89. The van der Waals surface area contributed by atoms with Crippen LogP contribution in [0.1, 0.15) is 105 Å². The molecular formula is C28H42O5P+. The fourth-order valence-corrected chi connectivity index (χ4v) is 4.39. The Hall–Kier alpha value is -2.26. The molecule has 2 rings (SSSR count). The highest BCUT2D eigenvalue weighted by atomic mass is 31.1. The fraction of sp³-hybridized carbons (Fsp3) is 0.571. The number of phenols is 2. The van der Waals surface area contributed by atoms with E-state index in [0.29, 0.717) is 33.8 Å². The van der Waals surface area contributed by atoms with Crippen molar-refractivity contribution in [2.45, 2.75) is 105 Å². The maximum absolute atomic E-state index is 13.0. The van der Waals surface area contributed by atoms with Gasteiger partial charge in [-0.05, 0) is 45.9 Å². The topological polar surface area (TPSA) is 76.0 Å². The lowest BCUT2D eigenvalue weighted by molar-refractivity contribution is 0.398. The molecule has 0 amide bonds. The van der Waals surface area contributed by atoms with Crippen LogP contribution in [0.3, 0.4) is 0 Å².